The second-order valence-corrected chi connectivity index (χ2v) is 12.9. The average molecular weight is 639 g/mol. The summed E-state index contributed by atoms with van der Waals surface area (Å²) in [5.41, 5.74) is 8.12. The summed E-state index contributed by atoms with van der Waals surface area (Å²) in [4.78, 5) is 14.1. The van der Waals surface area contributed by atoms with E-state index in [1.807, 2.05) is 59.2 Å². The van der Waals surface area contributed by atoms with Crippen LogP contribution in [-0.4, -0.2) is 9.13 Å². The molecule has 0 aliphatic heterocycles. The molecule has 3 nitrogen and oxygen atoms in total. The van der Waals surface area contributed by atoms with E-state index in [2.05, 4.69) is 127 Å². The highest BCUT2D eigenvalue weighted by molar-refractivity contribution is 6.25. The van der Waals surface area contributed by atoms with Crippen molar-refractivity contribution in [3.05, 3.63) is 192 Å². The molecule has 1 heterocycles. The van der Waals surface area contributed by atoms with Crippen LogP contribution in [0.5, 0.6) is 0 Å². The molecule has 1 aromatic heterocycles. The zero-order valence-corrected chi connectivity index (χ0v) is 27.1. The topological polar surface area (TPSA) is 26.9 Å². The van der Waals surface area contributed by atoms with Gasteiger partial charge in [0.15, 0.2) is 0 Å². The van der Waals surface area contributed by atoms with Crippen molar-refractivity contribution in [1.82, 2.24) is 9.13 Å². The normalized spacial score (nSPS) is 11.7. The number of imidazole rings is 1. The van der Waals surface area contributed by atoms with Crippen molar-refractivity contribution >= 4 is 54.1 Å². The highest BCUT2D eigenvalue weighted by atomic mass is 16.1. The molecule has 0 saturated carbocycles. The van der Waals surface area contributed by atoms with Crippen molar-refractivity contribution in [3.63, 3.8) is 0 Å². The van der Waals surface area contributed by atoms with E-state index in [1.54, 1.807) is 4.57 Å². The molecular weight excluding hydrogens is 609 g/mol. The minimum absolute atomic E-state index is 0.0898. The lowest BCUT2D eigenvalue weighted by molar-refractivity contribution is 0.931. The Kier molecular flexibility index (Phi) is 6.33. The lowest BCUT2D eigenvalue weighted by Gasteiger charge is -2.19. The smallest absolute Gasteiger partial charge is 0.260 e. The maximum Gasteiger partial charge on any atom is 0.338 e. The van der Waals surface area contributed by atoms with E-state index < -0.39 is 0 Å². The molecule has 0 saturated heterocycles. The maximum absolute atomic E-state index is 14.1. The Labute approximate surface area is 288 Å². The summed E-state index contributed by atoms with van der Waals surface area (Å²) in [5.74, 6) is 0. The first kappa shape index (κ1) is 28.3. The number of fused-ring (bicyclic) bond motifs is 6. The van der Waals surface area contributed by atoms with Gasteiger partial charge in [-0.15, -0.1) is 0 Å². The van der Waals surface area contributed by atoms with E-state index in [1.165, 1.54) is 59.8 Å². The third kappa shape index (κ3) is 4.20. The Morgan fingerprint density at radius 1 is 0.340 bits per heavy atom. The van der Waals surface area contributed by atoms with Crippen molar-refractivity contribution in [2.45, 2.75) is 0 Å². The first-order valence-corrected chi connectivity index (χ1v) is 17.0. The van der Waals surface area contributed by atoms with Gasteiger partial charge >= 0.3 is 5.69 Å². The van der Waals surface area contributed by atoms with Gasteiger partial charge in [0.1, 0.15) is 0 Å². The minimum atomic E-state index is -0.0898. The minimum Gasteiger partial charge on any atom is -0.260 e. The second kappa shape index (κ2) is 11.2. The Hall–Kier alpha value is -6.71. The monoisotopic (exact) mass is 638 g/mol. The molecule has 0 aliphatic rings. The number of aromatic nitrogens is 2. The summed E-state index contributed by atoms with van der Waals surface area (Å²) >= 11 is 0. The summed E-state index contributed by atoms with van der Waals surface area (Å²) < 4.78 is 3.61. The van der Waals surface area contributed by atoms with Gasteiger partial charge in [0.05, 0.1) is 22.4 Å². The van der Waals surface area contributed by atoms with E-state index in [0.29, 0.717) is 0 Å². The molecule has 0 amide bonds. The quantitative estimate of drug-likeness (QED) is 0.139. The molecule has 0 aliphatic carbocycles. The summed E-state index contributed by atoms with van der Waals surface area (Å²) in [6.45, 7) is 0. The molecule has 3 heteroatoms. The molecule has 0 fully saturated rings. The van der Waals surface area contributed by atoms with Gasteiger partial charge < -0.3 is 0 Å². The van der Waals surface area contributed by atoms with E-state index in [0.717, 1.165) is 28.0 Å². The van der Waals surface area contributed by atoms with Gasteiger partial charge in [-0.25, -0.2) is 4.79 Å². The van der Waals surface area contributed by atoms with Crippen LogP contribution in [0.3, 0.4) is 0 Å². The number of rotatable bonds is 4. The number of nitrogens with zero attached hydrogens (tertiary/aromatic N) is 2. The summed E-state index contributed by atoms with van der Waals surface area (Å²) in [6.07, 6.45) is 0. The molecule has 0 radical (unpaired) electrons. The predicted molar refractivity (Wildman–Crippen MR) is 210 cm³/mol. The van der Waals surface area contributed by atoms with E-state index >= 15 is 0 Å². The third-order valence-electron chi connectivity index (χ3n) is 10.1. The van der Waals surface area contributed by atoms with Crippen molar-refractivity contribution in [3.8, 4) is 33.6 Å². The van der Waals surface area contributed by atoms with E-state index in [-0.39, 0.29) is 5.69 Å². The molecule has 10 rings (SSSR count). The van der Waals surface area contributed by atoms with Gasteiger partial charge in [0.25, 0.3) is 0 Å². The molecule has 0 N–H and O–H groups in total. The summed E-state index contributed by atoms with van der Waals surface area (Å²) in [5, 5.41) is 9.84. The molecule has 234 valence electrons. The fourth-order valence-electron chi connectivity index (χ4n) is 7.99. The number of para-hydroxylation sites is 3. The van der Waals surface area contributed by atoms with Gasteiger partial charge in [0.2, 0.25) is 0 Å². The Morgan fingerprint density at radius 3 is 1.38 bits per heavy atom. The van der Waals surface area contributed by atoms with Crippen LogP contribution in [0, 0.1) is 0 Å². The fourth-order valence-corrected chi connectivity index (χ4v) is 7.99. The molecule has 0 atom stereocenters. The van der Waals surface area contributed by atoms with Crippen LogP contribution in [0.4, 0.5) is 0 Å². The predicted octanol–water partition coefficient (Wildman–Crippen LogP) is 11.7. The van der Waals surface area contributed by atoms with Gasteiger partial charge in [-0.2, -0.15) is 0 Å². The highest BCUT2D eigenvalue weighted by Gasteiger charge is 2.20. The number of hydrogen-bond acceptors (Lipinski definition) is 1. The lowest BCUT2D eigenvalue weighted by atomic mass is 9.84. The van der Waals surface area contributed by atoms with Crippen LogP contribution in [0.15, 0.2) is 187 Å². The lowest BCUT2D eigenvalue weighted by Crippen LogP contribution is -2.22. The van der Waals surface area contributed by atoms with Crippen molar-refractivity contribution in [2.75, 3.05) is 0 Å². The van der Waals surface area contributed by atoms with Crippen LogP contribution in [0.25, 0.3) is 87.8 Å². The van der Waals surface area contributed by atoms with Crippen LogP contribution >= 0.6 is 0 Å². The first-order chi connectivity index (χ1) is 24.8. The SMILES string of the molecule is O=c1n(-c2ccccc2)c2ccccc2n1-c1ccc(-c2c3ccccc3c(-c3cc4ccccc4c4ccccc34)c3ccccc23)cc1. The van der Waals surface area contributed by atoms with Crippen molar-refractivity contribution < 1.29 is 0 Å². The Morgan fingerprint density at radius 2 is 0.780 bits per heavy atom. The Bertz CT molecular complexity index is 2930. The fraction of sp³-hybridized carbons (Fsp3) is 0. The number of benzene rings is 9. The molecule has 50 heavy (non-hydrogen) atoms. The first-order valence-electron chi connectivity index (χ1n) is 17.0. The zero-order valence-electron chi connectivity index (χ0n) is 27.1. The van der Waals surface area contributed by atoms with Crippen molar-refractivity contribution in [1.29, 1.82) is 0 Å². The van der Waals surface area contributed by atoms with Crippen LogP contribution in [-0.2, 0) is 0 Å². The van der Waals surface area contributed by atoms with Crippen LogP contribution in [0.2, 0.25) is 0 Å². The molecular formula is C47H30N2O. The van der Waals surface area contributed by atoms with Crippen LogP contribution < -0.4 is 5.69 Å². The van der Waals surface area contributed by atoms with Gasteiger partial charge in [0, 0.05) is 0 Å². The van der Waals surface area contributed by atoms with Crippen LogP contribution in [0.1, 0.15) is 0 Å². The van der Waals surface area contributed by atoms with Gasteiger partial charge in [-0.05, 0) is 108 Å². The molecule has 10 aromatic rings. The highest BCUT2D eigenvalue weighted by Crippen LogP contribution is 2.46. The largest absolute Gasteiger partial charge is 0.338 e. The molecule has 0 bridgehead atoms. The zero-order chi connectivity index (χ0) is 33.2. The molecule has 0 spiro atoms. The number of hydrogen-bond donors (Lipinski definition) is 0. The van der Waals surface area contributed by atoms with Crippen molar-refractivity contribution in [2.24, 2.45) is 0 Å². The average Bonchev–Trinajstić information content (AvgIpc) is 3.48. The standard InChI is InChI=1S/C47H30N2O/c50-47-48(33-15-2-1-3-16-33)43-24-12-13-25-44(43)49(47)34-28-26-31(27-29-34)45-38-20-8-10-22-40(38)46(41-23-11-9-21-39(41)45)42-30-32-14-4-5-17-35(32)36-18-6-7-19-37(36)42/h1-30H. The second-order valence-electron chi connectivity index (χ2n) is 12.9. The van der Waals surface area contributed by atoms with Gasteiger partial charge in [-0.1, -0.05) is 140 Å². The Balaban J connectivity index is 1.21. The summed E-state index contributed by atoms with van der Waals surface area (Å²) in [6, 6.07) is 63.7. The third-order valence-corrected chi connectivity index (χ3v) is 10.1. The molecule has 0 unspecified atom stereocenters. The van der Waals surface area contributed by atoms with E-state index in [9.17, 15) is 4.79 Å². The maximum atomic E-state index is 14.1. The molecule has 9 aromatic carbocycles. The summed E-state index contributed by atoms with van der Waals surface area (Å²) in [7, 11) is 0. The van der Waals surface area contributed by atoms with E-state index in [4.69, 9.17) is 0 Å². The van der Waals surface area contributed by atoms with Gasteiger partial charge in [-0.3, -0.25) is 9.13 Å².